The summed E-state index contributed by atoms with van der Waals surface area (Å²) in [5.41, 5.74) is 4.57. The van der Waals surface area contributed by atoms with E-state index in [4.69, 9.17) is 0 Å². The summed E-state index contributed by atoms with van der Waals surface area (Å²) >= 11 is 0. The maximum absolute atomic E-state index is 13.6. The lowest BCUT2D eigenvalue weighted by molar-refractivity contribution is 0.0701. The molecule has 0 saturated carbocycles. The summed E-state index contributed by atoms with van der Waals surface area (Å²) in [4.78, 5) is 24.5. The van der Waals surface area contributed by atoms with Crippen molar-refractivity contribution < 1.29 is 4.79 Å². The Morgan fingerprint density at radius 1 is 0.853 bits per heavy atom. The Balaban J connectivity index is 1.52. The van der Waals surface area contributed by atoms with Crippen LogP contribution >= 0.6 is 0 Å². The van der Waals surface area contributed by atoms with E-state index in [0.717, 1.165) is 22.4 Å². The highest BCUT2D eigenvalue weighted by molar-refractivity contribution is 6.01. The molecule has 1 aromatic heterocycles. The molecule has 1 heterocycles. The molecule has 34 heavy (non-hydrogen) atoms. The molecule has 4 aromatic rings. The first-order valence-corrected chi connectivity index (χ1v) is 11.6. The van der Waals surface area contributed by atoms with Crippen LogP contribution in [0, 0.1) is 5.92 Å². The Hall–Kier alpha value is -3.99. The number of aromatic nitrogens is 2. The monoisotopic (exact) mass is 450 g/mol. The van der Waals surface area contributed by atoms with Crippen molar-refractivity contribution in [2.75, 3.05) is 18.9 Å². The summed E-state index contributed by atoms with van der Waals surface area (Å²) < 4.78 is 0. The minimum absolute atomic E-state index is 0.00101. The van der Waals surface area contributed by atoms with E-state index in [9.17, 15) is 4.79 Å². The van der Waals surface area contributed by atoms with Gasteiger partial charge in [0.1, 0.15) is 0 Å². The van der Waals surface area contributed by atoms with Gasteiger partial charge in [-0.25, -0.2) is 9.97 Å². The van der Waals surface area contributed by atoms with Crippen molar-refractivity contribution in [2.24, 2.45) is 5.92 Å². The zero-order valence-corrected chi connectivity index (χ0v) is 19.8. The Bertz CT molecular complexity index is 1230. The largest absolute Gasteiger partial charge is 0.352 e. The van der Waals surface area contributed by atoms with Gasteiger partial charge in [0.2, 0.25) is 5.95 Å². The first-order valence-electron chi connectivity index (χ1n) is 11.6. The van der Waals surface area contributed by atoms with Gasteiger partial charge in [-0.05, 0) is 29.2 Å². The van der Waals surface area contributed by atoms with Gasteiger partial charge in [-0.1, -0.05) is 92.7 Å². The summed E-state index contributed by atoms with van der Waals surface area (Å²) in [5, 5.41) is 3.35. The number of carbonyl (C=O) groups is 1. The Labute approximate surface area is 201 Å². The van der Waals surface area contributed by atoms with Crippen molar-refractivity contribution in [3.8, 4) is 22.4 Å². The SMILES string of the molecule is CC(C)[C@@H](CNc1nccc(-c2ccccc2)n1)N(C)C(=O)c1ccccc1-c1ccccc1. The average Bonchev–Trinajstić information content (AvgIpc) is 2.89. The molecule has 0 spiro atoms. The number of benzene rings is 3. The molecule has 0 bridgehead atoms. The summed E-state index contributed by atoms with van der Waals surface area (Å²) in [6, 6.07) is 29.7. The van der Waals surface area contributed by atoms with E-state index in [2.05, 4.69) is 29.1 Å². The van der Waals surface area contributed by atoms with Crippen LogP contribution in [0.25, 0.3) is 22.4 Å². The van der Waals surface area contributed by atoms with Crippen LogP contribution in [0.15, 0.2) is 97.2 Å². The average molecular weight is 451 g/mol. The smallest absolute Gasteiger partial charge is 0.254 e. The Morgan fingerprint density at radius 2 is 1.47 bits per heavy atom. The molecule has 0 saturated heterocycles. The third-order valence-electron chi connectivity index (χ3n) is 6.02. The van der Waals surface area contributed by atoms with E-state index in [1.807, 2.05) is 103 Å². The van der Waals surface area contributed by atoms with Crippen LogP contribution in [-0.4, -0.2) is 40.4 Å². The number of hydrogen-bond acceptors (Lipinski definition) is 4. The number of amides is 1. The molecule has 5 nitrogen and oxygen atoms in total. The molecule has 0 unspecified atom stereocenters. The van der Waals surface area contributed by atoms with Crippen molar-refractivity contribution in [1.29, 1.82) is 0 Å². The van der Waals surface area contributed by atoms with E-state index in [1.54, 1.807) is 6.20 Å². The van der Waals surface area contributed by atoms with E-state index in [-0.39, 0.29) is 17.9 Å². The number of hydrogen-bond donors (Lipinski definition) is 1. The van der Waals surface area contributed by atoms with Gasteiger partial charge in [0, 0.05) is 30.9 Å². The molecule has 0 radical (unpaired) electrons. The molecule has 1 atom stereocenters. The molecule has 0 aliphatic carbocycles. The minimum Gasteiger partial charge on any atom is -0.352 e. The van der Waals surface area contributed by atoms with Gasteiger partial charge < -0.3 is 10.2 Å². The lowest BCUT2D eigenvalue weighted by Gasteiger charge is -2.32. The first-order chi connectivity index (χ1) is 16.5. The normalized spacial score (nSPS) is 11.8. The Morgan fingerprint density at radius 3 is 2.15 bits per heavy atom. The molecular formula is C29H30N4O. The lowest BCUT2D eigenvalue weighted by atomic mass is 9.97. The molecule has 1 N–H and O–H groups in total. The highest BCUT2D eigenvalue weighted by Gasteiger charge is 2.26. The fraction of sp³-hybridized carbons (Fsp3) is 0.207. The van der Waals surface area contributed by atoms with Gasteiger partial charge >= 0.3 is 0 Å². The predicted octanol–water partition coefficient (Wildman–Crippen LogP) is 6.02. The van der Waals surface area contributed by atoms with Crippen molar-refractivity contribution in [3.63, 3.8) is 0 Å². The summed E-state index contributed by atoms with van der Waals surface area (Å²) in [7, 11) is 1.87. The fourth-order valence-electron chi connectivity index (χ4n) is 4.11. The van der Waals surface area contributed by atoms with Crippen LogP contribution in [0.2, 0.25) is 0 Å². The molecule has 172 valence electrons. The maximum atomic E-state index is 13.6. The van der Waals surface area contributed by atoms with Crippen LogP contribution < -0.4 is 5.32 Å². The van der Waals surface area contributed by atoms with Gasteiger partial charge in [-0.3, -0.25) is 4.79 Å². The molecule has 3 aromatic carbocycles. The quantitative estimate of drug-likeness (QED) is 0.357. The summed E-state index contributed by atoms with van der Waals surface area (Å²) in [5.74, 6) is 0.791. The van der Waals surface area contributed by atoms with Gasteiger partial charge in [-0.2, -0.15) is 0 Å². The van der Waals surface area contributed by atoms with Crippen LogP contribution in [-0.2, 0) is 0 Å². The van der Waals surface area contributed by atoms with E-state index < -0.39 is 0 Å². The number of likely N-dealkylation sites (N-methyl/N-ethyl adjacent to an activating group) is 1. The zero-order valence-electron chi connectivity index (χ0n) is 19.8. The first kappa shape index (κ1) is 23.2. The van der Waals surface area contributed by atoms with Crippen LogP contribution in [0.5, 0.6) is 0 Å². The second-order valence-corrected chi connectivity index (χ2v) is 8.65. The number of nitrogens with one attached hydrogen (secondary N) is 1. The molecule has 0 fully saturated rings. The molecule has 4 rings (SSSR count). The van der Waals surface area contributed by atoms with Crippen LogP contribution in [0.4, 0.5) is 5.95 Å². The van der Waals surface area contributed by atoms with Gasteiger partial charge in [0.15, 0.2) is 0 Å². The van der Waals surface area contributed by atoms with Crippen molar-refractivity contribution in [2.45, 2.75) is 19.9 Å². The third-order valence-corrected chi connectivity index (χ3v) is 6.02. The minimum atomic E-state index is -0.0414. The van der Waals surface area contributed by atoms with Crippen molar-refractivity contribution >= 4 is 11.9 Å². The third kappa shape index (κ3) is 5.31. The number of anilines is 1. The van der Waals surface area contributed by atoms with Gasteiger partial charge in [-0.15, -0.1) is 0 Å². The van der Waals surface area contributed by atoms with Crippen LogP contribution in [0.1, 0.15) is 24.2 Å². The van der Waals surface area contributed by atoms with E-state index in [1.165, 1.54) is 0 Å². The number of rotatable bonds is 8. The van der Waals surface area contributed by atoms with Gasteiger partial charge in [0.05, 0.1) is 11.7 Å². The highest BCUT2D eigenvalue weighted by Crippen LogP contribution is 2.26. The number of carbonyl (C=O) groups excluding carboxylic acids is 1. The van der Waals surface area contributed by atoms with E-state index >= 15 is 0 Å². The van der Waals surface area contributed by atoms with Gasteiger partial charge in [0.25, 0.3) is 5.91 Å². The molecule has 1 amide bonds. The molecule has 0 aliphatic heterocycles. The second-order valence-electron chi connectivity index (χ2n) is 8.65. The lowest BCUT2D eigenvalue weighted by Crippen LogP contribution is -2.45. The molecule has 0 aliphatic rings. The maximum Gasteiger partial charge on any atom is 0.254 e. The topological polar surface area (TPSA) is 58.1 Å². The highest BCUT2D eigenvalue weighted by atomic mass is 16.2. The zero-order chi connectivity index (χ0) is 23.9. The fourth-order valence-corrected chi connectivity index (χ4v) is 4.11. The number of nitrogens with zero attached hydrogens (tertiary/aromatic N) is 3. The Kier molecular flexibility index (Phi) is 7.33. The standard InChI is InChI=1S/C29H30N4O/c1-21(2)27(20-31-29-30-19-18-26(32-29)23-14-8-5-9-15-23)33(3)28(34)25-17-11-10-16-24(25)22-12-6-4-7-13-22/h4-19,21,27H,20H2,1-3H3,(H,30,31,32)/t27-/m1/s1. The molecule has 5 heteroatoms. The second kappa shape index (κ2) is 10.8. The summed E-state index contributed by atoms with van der Waals surface area (Å²) in [6.07, 6.45) is 1.76. The van der Waals surface area contributed by atoms with Crippen molar-refractivity contribution in [1.82, 2.24) is 14.9 Å². The van der Waals surface area contributed by atoms with Crippen molar-refractivity contribution in [3.05, 3.63) is 103 Å². The summed E-state index contributed by atoms with van der Waals surface area (Å²) in [6.45, 7) is 4.80. The predicted molar refractivity (Wildman–Crippen MR) is 139 cm³/mol. The van der Waals surface area contributed by atoms with Crippen LogP contribution in [0.3, 0.4) is 0 Å². The van der Waals surface area contributed by atoms with E-state index in [0.29, 0.717) is 18.1 Å². The molecular weight excluding hydrogens is 420 g/mol.